The van der Waals surface area contributed by atoms with Crippen molar-refractivity contribution in [1.82, 2.24) is 10.6 Å². The number of rotatable bonds is 8. The maximum absolute atomic E-state index is 12.2. The average Bonchev–Trinajstić information content (AvgIpc) is 2.75. The molecule has 8 heteroatoms. The molecule has 2 rings (SSSR count). The summed E-state index contributed by atoms with van der Waals surface area (Å²) < 4.78 is 10.3. The lowest BCUT2D eigenvalue weighted by molar-refractivity contribution is -0.120. The van der Waals surface area contributed by atoms with Crippen LogP contribution in [0.3, 0.4) is 0 Å². The van der Waals surface area contributed by atoms with Crippen LogP contribution in [0.2, 0.25) is 0 Å². The van der Waals surface area contributed by atoms with Crippen LogP contribution < -0.4 is 20.7 Å². The summed E-state index contributed by atoms with van der Waals surface area (Å²) in [4.78, 5) is 35.6. The minimum Gasteiger partial charge on any atom is -0.496 e. The second-order valence-electron chi connectivity index (χ2n) is 7.89. The monoisotopic (exact) mass is 439 g/mol. The van der Waals surface area contributed by atoms with Gasteiger partial charge in [-0.05, 0) is 50.6 Å². The van der Waals surface area contributed by atoms with Gasteiger partial charge in [-0.2, -0.15) is 0 Å². The van der Waals surface area contributed by atoms with Crippen LogP contribution in [-0.4, -0.2) is 37.2 Å². The molecule has 0 heterocycles. The Balaban J connectivity index is 1.78. The second-order valence-corrected chi connectivity index (χ2v) is 7.89. The Bertz CT molecular complexity index is 962. The molecule has 0 aliphatic heterocycles. The zero-order valence-electron chi connectivity index (χ0n) is 18.7. The van der Waals surface area contributed by atoms with Crippen molar-refractivity contribution in [3.05, 3.63) is 65.7 Å². The van der Waals surface area contributed by atoms with Gasteiger partial charge in [-0.3, -0.25) is 9.59 Å². The van der Waals surface area contributed by atoms with Crippen molar-refractivity contribution < 1.29 is 23.9 Å². The quantitative estimate of drug-likeness (QED) is 0.546. The minimum absolute atomic E-state index is 0.179. The first-order valence-corrected chi connectivity index (χ1v) is 10.1. The third-order valence-corrected chi connectivity index (χ3v) is 4.06. The van der Waals surface area contributed by atoms with Gasteiger partial charge in [0, 0.05) is 23.9 Å². The fourth-order valence-corrected chi connectivity index (χ4v) is 2.59. The molecule has 0 aliphatic rings. The van der Waals surface area contributed by atoms with E-state index in [0.29, 0.717) is 11.4 Å². The van der Waals surface area contributed by atoms with Gasteiger partial charge in [0.25, 0.3) is 0 Å². The number of carbonyl (C=O) groups excluding carboxylic acids is 3. The lowest BCUT2D eigenvalue weighted by atomic mass is 10.2. The van der Waals surface area contributed by atoms with Gasteiger partial charge in [0.1, 0.15) is 17.9 Å². The van der Waals surface area contributed by atoms with Crippen LogP contribution in [0.4, 0.5) is 10.5 Å². The molecule has 8 nitrogen and oxygen atoms in total. The van der Waals surface area contributed by atoms with Gasteiger partial charge in [-0.1, -0.05) is 30.3 Å². The van der Waals surface area contributed by atoms with E-state index in [0.717, 1.165) is 11.1 Å². The molecule has 0 atom stereocenters. The summed E-state index contributed by atoms with van der Waals surface area (Å²) in [6, 6.07) is 14.5. The number of benzene rings is 2. The third kappa shape index (κ3) is 8.91. The predicted octanol–water partition coefficient (Wildman–Crippen LogP) is 3.49. The summed E-state index contributed by atoms with van der Waals surface area (Å²) in [6.07, 6.45) is 2.47. The van der Waals surface area contributed by atoms with Gasteiger partial charge >= 0.3 is 6.09 Å². The number of ether oxygens (including phenoxy) is 2. The topological polar surface area (TPSA) is 106 Å². The van der Waals surface area contributed by atoms with Gasteiger partial charge in [0.2, 0.25) is 11.8 Å². The summed E-state index contributed by atoms with van der Waals surface area (Å²) in [7, 11) is 1.58. The van der Waals surface area contributed by atoms with Crippen LogP contribution in [0.1, 0.15) is 31.9 Å². The Morgan fingerprint density at radius 1 is 0.969 bits per heavy atom. The first-order chi connectivity index (χ1) is 15.2. The zero-order valence-corrected chi connectivity index (χ0v) is 18.7. The molecule has 0 radical (unpaired) electrons. The molecule has 0 spiro atoms. The van der Waals surface area contributed by atoms with E-state index in [1.807, 2.05) is 24.3 Å². The van der Waals surface area contributed by atoms with Crippen molar-refractivity contribution in [3.63, 3.8) is 0 Å². The van der Waals surface area contributed by atoms with Gasteiger partial charge < -0.3 is 25.4 Å². The number of nitrogens with one attached hydrogen (secondary N) is 3. The van der Waals surface area contributed by atoms with Crippen LogP contribution in [0.15, 0.2) is 54.6 Å². The number of hydrogen-bond acceptors (Lipinski definition) is 5. The van der Waals surface area contributed by atoms with E-state index in [1.165, 1.54) is 6.08 Å². The van der Waals surface area contributed by atoms with Crippen molar-refractivity contribution in [2.24, 2.45) is 0 Å². The largest absolute Gasteiger partial charge is 0.496 e. The van der Waals surface area contributed by atoms with Gasteiger partial charge in [0.15, 0.2) is 0 Å². The Hall–Kier alpha value is -3.81. The number of hydrogen-bond donors (Lipinski definition) is 3. The second kappa shape index (κ2) is 11.5. The summed E-state index contributed by atoms with van der Waals surface area (Å²) >= 11 is 0. The molecule has 0 unspecified atom stereocenters. The first kappa shape index (κ1) is 24.5. The molecular weight excluding hydrogens is 410 g/mol. The Morgan fingerprint density at radius 3 is 2.31 bits per heavy atom. The van der Waals surface area contributed by atoms with Crippen LogP contribution in [0.25, 0.3) is 6.08 Å². The molecule has 2 aromatic carbocycles. The minimum atomic E-state index is -0.646. The fraction of sp³-hybridized carbons (Fsp3) is 0.292. The molecule has 3 amide bonds. The smallest absolute Gasteiger partial charge is 0.408 e. The van der Waals surface area contributed by atoms with Crippen LogP contribution in [0.5, 0.6) is 5.75 Å². The van der Waals surface area contributed by atoms with Gasteiger partial charge in [0.05, 0.1) is 7.11 Å². The van der Waals surface area contributed by atoms with Gasteiger partial charge in [-0.25, -0.2) is 4.79 Å². The number of anilines is 1. The van der Waals surface area contributed by atoms with Crippen molar-refractivity contribution in [3.8, 4) is 5.75 Å². The molecule has 0 saturated heterocycles. The van der Waals surface area contributed by atoms with Gasteiger partial charge in [-0.15, -0.1) is 0 Å². The molecule has 32 heavy (non-hydrogen) atoms. The van der Waals surface area contributed by atoms with Crippen molar-refractivity contribution in [1.29, 1.82) is 0 Å². The SMILES string of the molecule is COc1ccccc1/C=C/C(=O)Nc1ccc(CNC(=O)CNC(=O)OC(C)(C)C)cc1. The molecule has 0 aliphatic carbocycles. The normalized spacial score (nSPS) is 11.0. The summed E-state index contributed by atoms with van der Waals surface area (Å²) in [5.74, 6) is 0.0733. The molecule has 0 aromatic heterocycles. The van der Waals surface area contributed by atoms with E-state index in [-0.39, 0.29) is 24.9 Å². The molecule has 2 aromatic rings. The summed E-state index contributed by atoms with van der Waals surface area (Å²) in [6.45, 7) is 5.35. The van der Waals surface area contributed by atoms with Crippen molar-refractivity contribution >= 4 is 29.7 Å². The highest BCUT2D eigenvalue weighted by molar-refractivity contribution is 6.02. The third-order valence-electron chi connectivity index (χ3n) is 4.06. The maximum atomic E-state index is 12.2. The van der Waals surface area contributed by atoms with E-state index >= 15 is 0 Å². The van der Waals surface area contributed by atoms with Crippen molar-refractivity contribution in [2.75, 3.05) is 19.0 Å². The molecular formula is C24H29N3O5. The zero-order chi connectivity index (χ0) is 23.6. The Morgan fingerprint density at radius 2 is 1.66 bits per heavy atom. The Labute approximate surface area is 188 Å². The molecule has 3 N–H and O–H groups in total. The van der Waals surface area contributed by atoms with Crippen LogP contribution in [0, 0.1) is 0 Å². The molecule has 170 valence electrons. The van der Waals surface area contributed by atoms with Crippen LogP contribution in [-0.2, 0) is 20.9 Å². The number of carbonyl (C=O) groups is 3. The number of alkyl carbamates (subject to hydrolysis) is 1. The van der Waals surface area contributed by atoms with E-state index in [4.69, 9.17) is 9.47 Å². The lowest BCUT2D eigenvalue weighted by Gasteiger charge is -2.19. The van der Waals surface area contributed by atoms with E-state index in [2.05, 4.69) is 16.0 Å². The standard InChI is InChI=1S/C24H29N3O5/c1-24(2,3)32-23(30)26-16-22(29)25-15-17-9-12-19(13-10-17)27-21(28)14-11-18-7-5-6-8-20(18)31-4/h5-14H,15-16H2,1-4H3,(H,25,29)(H,26,30)(H,27,28)/b14-11+. The highest BCUT2D eigenvalue weighted by Crippen LogP contribution is 2.18. The first-order valence-electron chi connectivity index (χ1n) is 10.1. The molecule has 0 bridgehead atoms. The fourth-order valence-electron chi connectivity index (χ4n) is 2.59. The molecule has 0 fully saturated rings. The highest BCUT2D eigenvalue weighted by atomic mass is 16.6. The highest BCUT2D eigenvalue weighted by Gasteiger charge is 2.16. The number of methoxy groups -OCH3 is 1. The van der Waals surface area contributed by atoms with E-state index in [1.54, 1.807) is 58.2 Å². The predicted molar refractivity (Wildman–Crippen MR) is 123 cm³/mol. The van der Waals surface area contributed by atoms with Crippen LogP contribution >= 0.6 is 0 Å². The number of para-hydroxylation sites is 1. The summed E-state index contributed by atoms with van der Waals surface area (Å²) in [5.41, 5.74) is 1.65. The maximum Gasteiger partial charge on any atom is 0.408 e. The van der Waals surface area contributed by atoms with E-state index in [9.17, 15) is 14.4 Å². The average molecular weight is 440 g/mol. The lowest BCUT2D eigenvalue weighted by Crippen LogP contribution is -2.39. The van der Waals surface area contributed by atoms with E-state index < -0.39 is 11.7 Å². The molecule has 0 saturated carbocycles. The number of amides is 3. The van der Waals surface area contributed by atoms with Crippen molar-refractivity contribution in [2.45, 2.75) is 32.9 Å². The summed E-state index contributed by atoms with van der Waals surface area (Å²) in [5, 5.41) is 7.89. The Kier molecular flexibility index (Phi) is 8.83.